The van der Waals surface area contributed by atoms with E-state index in [9.17, 15) is 0 Å². The van der Waals surface area contributed by atoms with Crippen molar-refractivity contribution < 1.29 is 0 Å². The third-order valence-electron chi connectivity index (χ3n) is 2.74. The fourth-order valence-electron chi connectivity index (χ4n) is 1.97. The summed E-state index contributed by atoms with van der Waals surface area (Å²) in [5.74, 6) is 0. The Bertz CT molecular complexity index is 633. The standard InChI is InChI=1S/C14H12N2/c1-11-7-9-16(10-11)14-6-2-5-13-12(14)4-3-8-15-13/h2-10H,1H3. The van der Waals surface area contributed by atoms with Crippen LogP contribution in [0, 0.1) is 6.92 Å². The topological polar surface area (TPSA) is 17.8 Å². The fourth-order valence-corrected chi connectivity index (χ4v) is 1.97. The van der Waals surface area contributed by atoms with E-state index in [0.717, 1.165) is 5.52 Å². The monoisotopic (exact) mass is 208 g/mol. The van der Waals surface area contributed by atoms with Crippen LogP contribution in [0.5, 0.6) is 0 Å². The summed E-state index contributed by atoms with van der Waals surface area (Å²) in [5, 5.41) is 1.18. The predicted octanol–water partition coefficient (Wildman–Crippen LogP) is 3.33. The van der Waals surface area contributed by atoms with E-state index in [2.05, 4.69) is 47.1 Å². The molecule has 0 saturated heterocycles. The number of aromatic nitrogens is 2. The lowest BCUT2D eigenvalue weighted by atomic mass is 10.2. The summed E-state index contributed by atoms with van der Waals surface area (Å²) < 4.78 is 2.14. The second-order valence-electron chi connectivity index (χ2n) is 3.94. The van der Waals surface area contributed by atoms with Gasteiger partial charge in [0.25, 0.3) is 0 Å². The van der Waals surface area contributed by atoms with E-state index in [1.165, 1.54) is 16.6 Å². The molecule has 2 nitrogen and oxygen atoms in total. The number of rotatable bonds is 1. The van der Waals surface area contributed by atoms with E-state index in [0.29, 0.717) is 0 Å². The van der Waals surface area contributed by atoms with Crippen LogP contribution >= 0.6 is 0 Å². The molecule has 0 unspecified atom stereocenters. The predicted molar refractivity (Wildman–Crippen MR) is 65.8 cm³/mol. The number of hydrogen-bond donors (Lipinski definition) is 0. The van der Waals surface area contributed by atoms with Gasteiger partial charge >= 0.3 is 0 Å². The van der Waals surface area contributed by atoms with Gasteiger partial charge in [0.15, 0.2) is 0 Å². The van der Waals surface area contributed by atoms with Gasteiger partial charge in [-0.05, 0) is 42.8 Å². The van der Waals surface area contributed by atoms with Crippen LogP contribution in [0.15, 0.2) is 55.0 Å². The van der Waals surface area contributed by atoms with E-state index in [-0.39, 0.29) is 0 Å². The number of aryl methyl sites for hydroxylation is 1. The molecule has 0 bridgehead atoms. The van der Waals surface area contributed by atoms with Gasteiger partial charge in [0, 0.05) is 24.0 Å². The van der Waals surface area contributed by atoms with Gasteiger partial charge in [-0.2, -0.15) is 0 Å². The summed E-state index contributed by atoms with van der Waals surface area (Å²) in [6.45, 7) is 2.10. The van der Waals surface area contributed by atoms with E-state index < -0.39 is 0 Å². The maximum atomic E-state index is 4.36. The number of fused-ring (bicyclic) bond motifs is 1. The third kappa shape index (κ3) is 1.39. The van der Waals surface area contributed by atoms with Crippen LogP contribution in [-0.4, -0.2) is 9.55 Å². The smallest absolute Gasteiger partial charge is 0.0723 e. The first kappa shape index (κ1) is 9.16. The molecular weight excluding hydrogens is 196 g/mol. The molecule has 3 rings (SSSR count). The highest BCUT2D eigenvalue weighted by Gasteiger charge is 2.02. The minimum absolute atomic E-state index is 1.03. The molecule has 3 aromatic rings. The molecule has 2 aromatic heterocycles. The zero-order valence-corrected chi connectivity index (χ0v) is 9.09. The SMILES string of the molecule is Cc1ccn(-c2cccc3ncccc23)c1. The Morgan fingerprint density at radius 1 is 1.06 bits per heavy atom. The van der Waals surface area contributed by atoms with E-state index in [1.807, 2.05) is 24.4 Å². The average molecular weight is 208 g/mol. The van der Waals surface area contributed by atoms with Crippen molar-refractivity contribution in [3.63, 3.8) is 0 Å². The largest absolute Gasteiger partial charge is 0.323 e. The molecule has 0 radical (unpaired) electrons. The van der Waals surface area contributed by atoms with Crippen molar-refractivity contribution in [2.24, 2.45) is 0 Å². The van der Waals surface area contributed by atoms with Crippen LogP contribution in [0.3, 0.4) is 0 Å². The summed E-state index contributed by atoms with van der Waals surface area (Å²) >= 11 is 0. The molecule has 0 fully saturated rings. The minimum Gasteiger partial charge on any atom is -0.323 e. The van der Waals surface area contributed by atoms with Crippen molar-refractivity contribution >= 4 is 10.9 Å². The van der Waals surface area contributed by atoms with E-state index in [1.54, 1.807) is 0 Å². The van der Waals surface area contributed by atoms with Gasteiger partial charge in [-0.25, -0.2) is 0 Å². The van der Waals surface area contributed by atoms with Crippen molar-refractivity contribution in [2.75, 3.05) is 0 Å². The third-order valence-corrected chi connectivity index (χ3v) is 2.74. The molecule has 0 aliphatic heterocycles. The molecule has 0 N–H and O–H groups in total. The molecular formula is C14H12N2. The van der Waals surface area contributed by atoms with E-state index in [4.69, 9.17) is 0 Å². The van der Waals surface area contributed by atoms with Gasteiger partial charge in [-0.1, -0.05) is 6.07 Å². The Labute approximate surface area is 94.2 Å². The number of hydrogen-bond acceptors (Lipinski definition) is 1. The lowest BCUT2D eigenvalue weighted by Gasteiger charge is -2.06. The van der Waals surface area contributed by atoms with Gasteiger partial charge in [0.2, 0.25) is 0 Å². The highest BCUT2D eigenvalue weighted by molar-refractivity contribution is 5.87. The zero-order chi connectivity index (χ0) is 11.0. The van der Waals surface area contributed by atoms with E-state index >= 15 is 0 Å². The normalized spacial score (nSPS) is 10.8. The second-order valence-corrected chi connectivity index (χ2v) is 3.94. The molecule has 2 heterocycles. The van der Waals surface area contributed by atoms with Crippen molar-refractivity contribution in [1.82, 2.24) is 9.55 Å². The molecule has 0 atom stereocenters. The first-order chi connectivity index (χ1) is 7.84. The molecule has 0 aliphatic carbocycles. The first-order valence-electron chi connectivity index (χ1n) is 5.33. The number of benzene rings is 1. The number of pyridine rings is 1. The number of nitrogens with zero attached hydrogens (tertiary/aromatic N) is 2. The maximum Gasteiger partial charge on any atom is 0.0723 e. The van der Waals surface area contributed by atoms with Crippen LogP contribution in [0.2, 0.25) is 0 Å². The summed E-state index contributed by atoms with van der Waals surface area (Å²) in [7, 11) is 0. The Hall–Kier alpha value is -2.09. The molecule has 0 amide bonds. The molecule has 1 aromatic carbocycles. The highest BCUT2D eigenvalue weighted by atomic mass is 14.9. The molecule has 0 saturated carbocycles. The van der Waals surface area contributed by atoms with Gasteiger partial charge in [-0.3, -0.25) is 4.98 Å². The van der Waals surface area contributed by atoms with Crippen molar-refractivity contribution in [1.29, 1.82) is 0 Å². The maximum absolute atomic E-state index is 4.36. The molecule has 0 aliphatic rings. The van der Waals surface area contributed by atoms with Crippen molar-refractivity contribution in [3.05, 3.63) is 60.6 Å². The van der Waals surface area contributed by atoms with Crippen LogP contribution < -0.4 is 0 Å². The van der Waals surface area contributed by atoms with Gasteiger partial charge in [-0.15, -0.1) is 0 Å². The Kier molecular flexibility index (Phi) is 2.00. The minimum atomic E-state index is 1.03. The fraction of sp³-hybridized carbons (Fsp3) is 0.0714. The Balaban J connectivity index is 2.31. The first-order valence-corrected chi connectivity index (χ1v) is 5.33. The van der Waals surface area contributed by atoms with Gasteiger partial charge < -0.3 is 4.57 Å². The molecule has 2 heteroatoms. The van der Waals surface area contributed by atoms with Gasteiger partial charge in [0.05, 0.1) is 11.2 Å². The second kappa shape index (κ2) is 3.49. The molecule has 16 heavy (non-hydrogen) atoms. The lowest BCUT2D eigenvalue weighted by Crippen LogP contribution is -1.91. The quantitative estimate of drug-likeness (QED) is 0.599. The van der Waals surface area contributed by atoms with Crippen LogP contribution in [-0.2, 0) is 0 Å². The van der Waals surface area contributed by atoms with Crippen LogP contribution in [0.4, 0.5) is 0 Å². The molecule has 0 spiro atoms. The summed E-state index contributed by atoms with van der Waals surface area (Å²) in [4.78, 5) is 4.36. The molecule has 78 valence electrons. The van der Waals surface area contributed by atoms with Crippen LogP contribution in [0.25, 0.3) is 16.6 Å². The van der Waals surface area contributed by atoms with Gasteiger partial charge in [0.1, 0.15) is 0 Å². The Morgan fingerprint density at radius 3 is 2.81 bits per heavy atom. The van der Waals surface area contributed by atoms with Crippen LogP contribution in [0.1, 0.15) is 5.56 Å². The van der Waals surface area contributed by atoms with Crippen molar-refractivity contribution in [2.45, 2.75) is 6.92 Å². The summed E-state index contributed by atoms with van der Waals surface area (Å²) in [5.41, 5.74) is 3.48. The summed E-state index contributed by atoms with van der Waals surface area (Å²) in [6, 6.07) is 12.4. The Morgan fingerprint density at radius 2 is 2.00 bits per heavy atom. The van der Waals surface area contributed by atoms with Crippen molar-refractivity contribution in [3.8, 4) is 5.69 Å². The summed E-state index contributed by atoms with van der Waals surface area (Å²) in [6.07, 6.45) is 6.03. The average Bonchev–Trinajstić information content (AvgIpc) is 2.75. The zero-order valence-electron chi connectivity index (χ0n) is 9.09. The highest BCUT2D eigenvalue weighted by Crippen LogP contribution is 2.20. The lowest BCUT2D eigenvalue weighted by molar-refractivity contribution is 1.09.